The summed E-state index contributed by atoms with van der Waals surface area (Å²) >= 11 is 11.7. The molecule has 0 saturated carbocycles. The monoisotopic (exact) mass is 501 g/mol. The van der Waals surface area contributed by atoms with E-state index in [4.69, 9.17) is 33.7 Å². The molecular weight excluding hydrogens is 490 g/mol. The molecule has 14 heteroatoms. The molecule has 9 nitrogen and oxygen atoms in total. The highest BCUT2D eigenvalue weighted by Crippen LogP contribution is 2.37. The van der Waals surface area contributed by atoms with Gasteiger partial charge in [-0.25, -0.2) is 9.78 Å². The number of urea groups is 1. The third kappa shape index (κ3) is 5.73. The van der Waals surface area contributed by atoms with E-state index in [2.05, 4.69) is 15.6 Å². The number of alkyl halides is 3. The fraction of sp³-hybridized carbons (Fsp3) is 0.0526. The fourth-order valence-corrected chi connectivity index (χ4v) is 3.05. The number of hydrogen-bond acceptors (Lipinski definition) is 6. The summed E-state index contributed by atoms with van der Waals surface area (Å²) in [4.78, 5) is 26.2. The fourth-order valence-electron chi connectivity index (χ4n) is 2.61. The van der Waals surface area contributed by atoms with E-state index in [0.717, 1.165) is 6.07 Å². The van der Waals surface area contributed by atoms with E-state index in [1.807, 2.05) is 0 Å². The van der Waals surface area contributed by atoms with Crippen molar-refractivity contribution in [2.75, 3.05) is 16.4 Å². The Morgan fingerprint density at radius 3 is 2.45 bits per heavy atom. The maximum Gasteiger partial charge on any atom is 0.417 e. The highest BCUT2D eigenvalue weighted by atomic mass is 35.5. The highest BCUT2D eigenvalue weighted by molar-refractivity contribution is 6.34. The smallest absolute Gasteiger partial charge is 0.417 e. The van der Waals surface area contributed by atoms with Crippen molar-refractivity contribution in [2.24, 2.45) is 0 Å². The number of ether oxygens (including phenoxy) is 1. The summed E-state index contributed by atoms with van der Waals surface area (Å²) in [5.74, 6) is -0.424. The Morgan fingerprint density at radius 2 is 1.82 bits per heavy atom. The van der Waals surface area contributed by atoms with Gasteiger partial charge in [-0.2, -0.15) is 13.2 Å². The number of nitrogens with zero attached hydrogens (tertiary/aromatic N) is 2. The zero-order chi connectivity index (χ0) is 24.3. The van der Waals surface area contributed by atoms with Gasteiger partial charge in [0.2, 0.25) is 11.6 Å². The van der Waals surface area contributed by atoms with Gasteiger partial charge < -0.3 is 21.1 Å². The highest BCUT2D eigenvalue weighted by Gasteiger charge is 2.33. The average molecular weight is 502 g/mol. The van der Waals surface area contributed by atoms with Gasteiger partial charge in [-0.05, 0) is 30.3 Å². The van der Waals surface area contributed by atoms with Gasteiger partial charge in [0.1, 0.15) is 5.75 Å². The van der Waals surface area contributed by atoms with Crippen LogP contribution in [0.3, 0.4) is 0 Å². The lowest BCUT2D eigenvalue weighted by Crippen LogP contribution is -2.20. The van der Waals surface area contributed by atoms with Crippen molar-refractivity contribution in [2.45, 2.75) is 6.18 Å². The van der Waals surface area contributed by atoms with Crippen LogP contribution in [0.25, 0.3) is 0 Å². The van der Waals surface area contributed by atoms with Gasteiger partial charge in [0.05, 0.1) is 26.2 Å². The zero-order valence-corrected chi connectivity index (χ0v) is 17.6. The first-order valence-corrected chi connectivity index (χ1v) is 9.52. The standard InChI is InChI=1S/C19H12Cl2F3N5O4/c20-12-3-1-9(7-11(12)19(22,23)24)27-18(30)28-14-4-2-10(8-13(14)21)33-15-5-6-26-17(25)16(15)29(31)32/h1-8H,(H2,25,26)(H2,27,28,30). The van der Waals surface area contributed by atoms with Crippen LogP contribution >= 0.6 is 23.2 Å². The number of carbonyl (C=O) groups excluding carboxylic acids is 1. The summed E-state index contributed by atoms with van der Waals surface area (Å²) in [6.07, 6.45) is -3.47. The molecule has 0 aliphatic heterocycles. The number of nitrogen functional groups attached to an aromatic ring is 1. The minimum atomic E-state index is -4.70. The largest absolute Gasteiger partial charge is 0.450 e. The van der Waals surface area contributed by atoms with Gasteiger partial charge in [0.25, 0.3) is 0 Å². The lowest BCUT2D eigenvalue weighted by Gasteiger charge is -2.13. The summed E-state index contributed by atoms with van der Waals surface area (Å²) in [5, 5.41) is 15.3. The number of halogens is 5. The number of carbonyl (C=O) groups is 1. The molecule has 0 saturated heterocycles. The van der Waals surface area contributed by atoms with Crippen molar-refractivity contribution in [3.05, 3.63) is 74.4 Å². The molecule has 3 rings (SSSR count). The van der Waals surface area contributed by atoms with Crippen molar-refractivity contribution in [1.29, 1.82) is 0 Å². The van der Waals surface area contributed by atoms with Gasteiger partial charge in [-0.15, -0.1) is 0 Å². The van der Waals surface area contributed by atoms with Crippen molar-refractivity contribution in [3.8, 4) is 11.5 Å². The van der Waals surface area contributed by atoms with Crippen molar-refractivity contribution < 1.29 is 27.6 Å². The van der Waals surface area contributed by atoms with Gasteiger partial charge in [0.15, 0.2) is 0 Å². The van der Waals surface area contributed by atoms with E-state index in [9.17, 15) is 28.1 Å². The molecule has 0 atom stereocenters. The molecule has 33 heavy (non-hydrogen) atoms. The maximum atomic E-state index is 13.0. The van der Waals surface area contributed by atoms with Crippen LogP contribution in [0.5, 0.6) is 11.5 Å². The average Bonchev–Trinajstić information content (AvgIpc) is 2.70. The zero-order valence-electron chi connectivity index (χ0n) is 16.1. The van der Waals surface area contributed by atoms with Gasteiger partial charge in [0, 0.05) is 24.0 Å². The summed E-state index contributed by atoms with van der Waals surface area (Å²) < 4.78 is 44.3. The summed E-state index contributed by atoms with van der Waals surface area (Å²) in [6, 6.07) is 7.20. The quantitative estimate of drug-likeness (QED) is 0.276. The van der Waals surface area contributed by atoms with E-state index < -0.39 is 33.4 Å². The Labute approximate surface area is 193 Å². The Balaban J connectivity index is 1.73. The van der Waals surface area contributed by atoms with E-state index in [1.54, 1.807) is 0 Å². The molecule has 2 aromatic carbocycles. The van der Waals surface area contributed by atoms with Crippen LogP contribution in [-0.2, 0) is 6.18 Å². The predicted molar refractivity (Wildman–Crippen MR) is 116 cm³/mol. The first kappa shape index (κ1) is 23.9. The lowest BCUT2D eigenvalue weighted by molar-refractivity contribution is -0.384. The Kier molecular flexibility index (Phi) is 6.79. The third-order valence-corrected chi connectivity index (χ3v) is 4.69. The molecule has 4 N–H and O–H groups in total. The van der Waals surface area contributed by atoms with Crippen molar-refractivity contribution >= 4 is 52.1 Å². The lowest BCUT2D eigenvalue weighted by atomic mass is 10.2. The second-order valence-corrected chi connectivity index (χ2v) is 7.13. The van der Waals surface area contributed by atoms with Crippen molar-refractivity contribution in [1.82, 2.24) is 4.98 Å². The number of nitro groups is 1. The first-order valence-electron chi connectivity index (χ1n) is 8.76. The molecule has 0 unspecified atom stereocenters. The Bertz CT molecular complexity index is 1240. The molecule has 2 amide bonds. The van der Waals surface area contributed by atoms with E-state index in [0.29, 0.717) is 6.07 Å². The topological polar surface area (TPSA) is 132 Å². The number of amides is 2. The summed E-state index contributed by atoms with van der Waals surface area (Å²) in [7, 11) is 0. The Hall–Kier alpha value is -3.77. The van der Waals surface area contributed by atoms with E-state index in [1.165, 1.54) is 36.5 Å². The molecule has 0 fully saturated rings. The predicted octanol–water partition coefficient (Wildman–Crippen LogP) is 6.33. The number of aromatic nitrogens is 1. The number of rotatable bonds is 5. The molecule has 0 radical (unpaired) electrons. The Morgan fingerprint density at radius 1 is 1.09 bits per heavy atom. The number of pyridine rings is 1. The maximum absolute atomic E-state index is 13.0. The molecule has 0 aliphatic carbocycles. The number of benzene rings is 2. The SMILES string of the molecule is Nc1nccc(Oc2ccc(NC(=O)Nc3ccc(Cl)c(C(F)(F)F)c3)c(Cl)c2)c1[N+](=O)[O-]. The third-order valence-electron chi connectivity index (χ3n) is 4.04. The number of hydrogen-bond donors (Lipinski definition) is 3. The van der Waals surface area contributed by atoms with Crippen molar-refractivity contribution in [3.63, 3.8) is 0 Å². The summed E-state index contributed by atoms with van der Waals surface area (Å²) in [6.45, 7) is 0. The molecule has 0 bridgehead atoms. The molecule has 1 heterocycles. The minimum absolute atomic E-state index is 0.0144. The van der Waals surface area contributed by atoms with Crippen LogP contribution in [0.1, 0.15) is 5.56 Å². The van der Waals surface area contributed by atoms with Gasteiger partial charge >= 0.3 is 17.9 Å². The van der Waals surface area contributed by atoms with Gasteiger partial charge in [-0.3, -0.25) is 10.1 Å². The van der Waals surface area contributed by atoms with E-state index >= 15 is 0 Å². The van der Waals surface area contributed by atoms with Crippen LogP contribution in [0.4, 0.5) is 40.8 Å². The molecular formula is C19H12Cl2F3N5O4. The van der Waals surface area contributed by atoms with Crippen LogP contribution in [0, 0.1) is 10.1 Å². The first-order chi connectivity index (χ1) is 15.5. The number of nitrogens with two attached hydrogens (primary N) is 1. The van der Waals surface area contributed by atoms with Crippen LogP contribution in [0.2, 0.25) is 10.0 Å². The minimum Gasteiger partial charge on any atom is -0.450 e. The van der Waals surface area contributed by atoms with Crippen LogP contribution in [0.15, 0.2) is 48.7 Å². The normalized spacial score (nSPS) is 11.1. The molecule has 172 valence electrons. The molecule has 0 aliphatic rings. The van der Waals surface area contributed by atoms with Crippen LogP contribution in [-0.4, -0.2) is 15.9 Å². The number of anilines is 3. The van der Waals surface area contributed by atoms with E-state index in [-0.39, 0.29) is 33.7 Å². The molecule has 3 aromatic rings. The number of nitrogens with one attached hydrogen (secondary N) is 2. The second kappa shape index (κ2) is 9.38. The second-order valence-electron chi connectivity index (χ2n) is 6.32. The molecule has 1 aromatic heterocycles. The molecule has 0 spiro atoms. The van der Waals surface area contributed by atoms with Gasteiger partial charge in [-0.1, -0.05) is 23.2 Å². The van der Waals surface area contributed by atoms with Crippen LogP contribution < -0.4 is 21.1 Å². The summed E-state index contributed by atoms with van der Waals surface area (Å²) in [5.41, 5.74) is 3.81.